The minimum absolute atomic E-state index is 0.0674. The Hall–Kier alpha value is -1.77. The van der Waals surface area contributed by atoms with Crippen LogP contribution < -0.4 is 4.74 Å². The summed E-state index contributed by atoms with van der Waals surface area (Å²) in [6.45, 7) is 4.12. The normalized spacial score (nSPS) is 10.7. The van der Waals surface area contributed by atoms with Crippen molar-refractivity contribution in [2.24, 2.45) is 7.05 Å². The third kappa shape index (κ3) is 1.58. The van der Waals surface area contributed by atoms with Crippen LogP contribution in [0.15, 0.2) is 24.4 Å². The Balaban J connectivity index is 2.77. The largest absolute Gasteiger partial charge is 0.493 e. The fraction of sp³-hybridized carbons (Fsp3) is 0.308. The van der Waals surface area contributed by atoms with Crippen molar-refractivity contribution in [3.63, 3.8) is 0 Å². The summed E-state index contributed by atoms with van der Waals surface area (Å²) in [5, 5.41) is 0.916. The molecule has 2 rings (SSSR count). The highest BCUT2D eigenvalue weighted by atomic mass is 16.5. The van der Waals surface area contributed by atoms with E-state index in [4.69, 9.17) is 4.74 Å². The van der Waals surface area contributed by atoms with Crippen molar-refractivity contribution >= 4 is 16.7 Å². The van der Waals surface area contributed by atoms with Crippen LogP contribution in [0, 0.1) is 0 Å². The molecule has 1 aromatic heterocycles. The summed E-state index contributed by atoms with van der Waals surface area (Å²) >= 11 is 0. The molecule has 0 unspecified atom stereocenters. The standard InChI is InChI=1S/C13H15NO2/c1-4-16-12-7-5-6-11-13(12)10(9(2)15)8-14(11)3/h5-8H,4H2,1-3H3. The molecule has 0 atom stereocenters. The van der Waals surface area contributed by atoms with E-state index in [0.717, 1.165) is 22.2 Å². The van der Waals surface area contributed by atoms with Crippen LogP contribution in [0.2, 0.25) is 0 Å². The second-order valence-electron chi connectivity index (χ2n) is 3.79. The van der Waals surface area contributed by atoms with Gasteiger partial charge < -0.3 is 9.30 Å². The fourth-order valence-electron chi connectivity index (χ4n) is 1.95. The SMILES string of the molecule is CCOc1cccc2c1c(C(C)=O)cn2C. The lowest BCUT2D eigenvalue weighted by Gasteiger charge is -2.05. The first-order valence-electron chi connectivity index (χ1n) is 5.37. The molecule has 2 aromatic rings. The van der Waals surface area contributed by atoms with Gasteiger partial charge in [-0.2, -0.15) is 0 Å². The minimum Gasteiger partial charge on any atom is -0.493 e. The molecule has 0 aliphatic heterocycles. The van der Waals surface area contributed by atoms with Crippen LogP contribution in [-0.2, 0) is 7.05 Å². The van der Waals surface area contributed by atoms with E-state index in [9.17, 15) is 4.79 Å². The second kappa shape index (κ2) is 4.00. The Morgan fingerprint density at radius 3 is 2.81 bits per heavy atom. The zero-order valence-corrected chi connectivity index (χ0v) is 9.78. The maximum atomic E-state index is 11.6. The van der Waals surface area contributed by atoms with Gasteiger partial charge in [0.2, 0.25) is 0 Å². The Labute approximate surface area is 94.6 Å². The van der Waals surface area contributed by atoms with Gasteiger partial charge in [0, 0.05) is 18.8 Å². The van der Waals surface area contributed by atoms with E-state index in [1.165, 1.54) is 0 Å². The molecule has 0 fully saturated rings. The predicted octanol–water partition coefficient (Wildman–Crippen LogP) is 2.78. The molecule has 3 nitrogen and oxygen atoms in total. The molecule has 3 heteroatoms. The van der Waals surface area contributed by atoms with E-state index in [2.05, 4.69) is 0 Å². The third-order valence-corrected chi connectivity index (χ3v) is 2.66. The first-order valence-corrected chi connectivity index (χ1v) is 5.37. The molecule has 0 aliphatic rings. The van der Waals surface area contributed by atoms with Gasteiger partial charge in [0.1, 0.15) is 5.75 Å². The van der Waals surface area contributed by atoms with Gasteiger partial charge in [-0.25, -0.2) is 0 Å². The van der Waals surface area contributed by atoms with E-state index in [-0.39, 0.29) is 5.78 Å². The number of hydrogen-bond donors (Lipinski definition) is 0. The molecular weight excluding hydrogens is 202 g/mol. The van der Waals surface area contributed by atoms with Crippen molar-refractivity contribution in [2.75, 3.05) is 6.61 Å². The number of benzene rings is 1. The summed E-state index contributed by atoms with van der Waals surface area (Å²) in [6.07, 6.45) is 1.86. The lowest BCUT2D eigenvalue weighted by Crippen LogP contribution is -1.95. The topological polar surface area (TPSA) is 31.2 Å². The van der Waals surface area contributed by atoms with Gasteiger partial charge in [0.15, 0.2) is 5.78 Å². The number of aryl methyl sites for hydroxylation is 1. The molecule has 0 N–H and O–H groups in total. The van der Waals surface area contributed by atoms with Crippen molar-refractivity contribution in [1.29, 1.82) is 0 Å². The number of aromatic nitrogens is 1. The molecule has 0 spiro atoms. The van der Waals surface area contributed by atoms with Gasteiger partial charge in [-0.3, -0.25) is 4.79 Å². The number of nitrogens with zero attached hydrogens (tertiary/aromatic N) is 1. The fourth-order valence-corrected chi connectivity index (χ4v) is 1.95. The van der Waals surface area contributed by atoms with Gasteiger partial charge >= 0.3 is 0 Å². The molecule has 0 saturated heterocycles. The van der Waals surface area contributed by atoms with Gasteiger partial charge in [-0.05, 0) is 26.0 Å². The maximum Gasteiger partial charge on any atom is 0.162 e. The lowest BCUT2D eigenvalue weighted by atomic mass is 10.1. The highest BCUT2D eigenvalue weighted by Crippen LogP contribution is 2.30. The summed E-state index contributed by atoms with van der Waals surface area (Å²) in [7, 11) is 1.94. The number of carbonyl (C=O) groups is 1. The van der Waals surface area contributed by atoms with E-state index >= 15 is 0 Å². The van der Waals surface area contributed by atoms with Crippen LogP contribution >= 0.6 is 0 Å². The smallest absolute Gasteiger partial charge is 0.162 e. The Kier molecular flexibility index (Phi) is 2.69. The molecular formula is C13H15NO2. The van der Waals surface area contributed by atoms with Crippen molar-refractivity contribution < 1.29 is 9.53 Å². The van der Waals surface area contributed by atoms with E-state index in [1.807, 2.05) is 42.9 Å². The van der Waals surface area contributed by atoms with Crippen LogP contribution in [0.3, 0.4) is 0 Å². The summed E-state index contributed by atoms with van der Waals surface area (Å²) < 4.78 is 7.51. The number of carbonyl (C=O) groups excluding carboxylic acids is 1. The van der Waals surface area contributed by atoms with Gasteiger partial charge in [-0.1, -0.05) is 6.07 Å². The third-order valence-electron chi connectivity index (χ3n) is 2.66. The van der Waals surface area contributed by atoms with Gasteiger partial charge in [0.05, 0.1) is 17.5 Å². The Bertz CT molecular complexity index is 540. The Morgan fingerprint density at radius 1 is 1.44 bits per heavy atom. The predicted molar refractivity (Wildman–Crippen MR) is 64.1 cm³/mol. The second-order valence-corrected chi connectivity index (χ2v) is 3.79. The van der Waals surface area contributed by atoms with Crippen molar-refractivity contribution in [1.82, 2.24) is 4.57 Å². The van der Waals surface area contributed by atoms with Crippen molar-refractivity contribution in [2.45, 2.75) is 13.8 Å². The van der Waals surface area contributed by atoms with Gasteiger partial charge in [0.25, 0.3) is 0 Å². The maximum absolute atomic E-state index is 11.6. The first kappa shape index (κ1) is 10.7. The van der Waals surface area contributed by atoms with E-state index in [0.29, 0.717) is 6.61 Å². The number of rotatable bonds is 3. The first-order chi connectivity index (χ1) is 7.65. The molecule has 84 valence electrons. The van der Waals surface area contributed by atoms with Crippen LogP contribution in [0.5, 0.6) is 5.75 Å². The lowest BCUT2D eigenvalue weighted by molar-refractivity contribution is 0.101. The van der Waals surface area contributed by atoms with E-state index in [1.54, 1.807) is 6.92 Å². The highest BCUT2D eigenvalue weighted by Gasteiger charge is 2.14. The van der Waals surface area contributed by atoms with E-state index < -0.39 is 0 Å². The number of Topliss-reactive ketones (excluding diaryl/α,β-unsaturated/α-hetero) is 1. The van der Waals surface area contributed by atoms with Crippen molar-refractivity contribution in [3.05, 3.63) is 30.0 Å². The zero-order valence-electron chi connectivity index (χ0n) is 9.78. The molecule has 0 radical (unpaired) electrons. The molecule has 1 aromatic carbocycles. The Morgan fingerprint density at radius 2 is 2.19 bits per heavy atom. The highest BCUT2D eigenvalue weighted by molar-refractivity contribution is 6.09. The molecule has 0 amide bonds. The van der Waals surface area contributed by atoms with Crippen LogP contribution in [0.25, 0.3) is 10.9 Å². The molecule has 1 heterocycles. The average molecular weight is 217 g/mol. The quantitative estimate of drug-likeness (QED) is 0.740. The number of ketones is 1. The molecule has 0 saturated carbocycles. The van der Waals surface area contributed by atoms with Crippen LogP contribution in [-0.4, -0.2) is 17.0 Å². The molecule has 0 aliphatic carbocycles. The summed E-state index contributed by atoms with van der Waals surface area (Å²) in [6, 6.07) is 5.83. The van der Waals surface area contributed by atoms with Gasteiger partial charge in [-0.15, -0.1) is 0 Å². The van der Waals surface area contributed by atoms with Crippen molar-refractivity contribution in [3.8, 4) is 5.75 Å². The van der Waals surface area contributed by atoms with Crippen LogP contribution in [0.1, 0.15) is 24.2 Å². The molecule has 0 bridgehead atoms. The summed E-state index contributed by atoms with van der Waals surface area (Å²) in [5.41, 5.74) is 1.75. The average Bonchev–Trinajstić information content (AvgIpc) is 2.58. The summed E-state index contributed by atoms with van der Waals surface area (Å²) in [5.74, 6) is 0.851. The number of hydrogen-bond acceptors (Lipinski definition) is 2. The monoisotopic (exact) mass is 217 g/mol. The number of ether oxygens (including phenoxy) is 1. The summed E-state index contributed by atoms with van der Waals surface area (Å²) in [4.78, 5) is 11.6. The number of fused-ring (bicyclic) bond motifs is 1. The van der Waals surface area contributed by atoms with Crippen LogP contribution in [0.4, 0.5) is 0 Å². The minimum atomic E-state index is 0.0674. The molecule has 16 heavy (non-hydrogen) atoms. The zero-order chi connectivity index (χ0) is 11.7.